The molecule has 1 unspecified atom stereocenters. The highest BCUT2D eigenvalue weighted by Crippen LogP contribution is 2.34. The Morgan fingerprint density at radius 3 is 2.40 bits per heavy atom. The molecule has 0 aromatic rings. The number of carbonyl (C=O) groups excluding carboxylic acids is 1. The van der Waals surface area contributed by atoms with E-state index in [-0.39, 0.29) is 5.91 Å². The molecule has 0 radical (unpaired) electrons. The van der Waals surface area contributed by atoms with Crippen molar-refractivity contribution in [2.75, 3.05) is 26.7 Å². The molecule has 2 saturated carbocycles. The first kappa shape index (κ1) is 14.3. The third-order valence-corrected chi connectivity index (χ3v) is 5.35. The van der Waals surface area contributed by atoms with Gasteiger partial charge in [-0.15, -0.1) is 0 Å². The van der Waals surface area contributed by atoms with Crippen LogP contribution in [0.2, 0.25) is 0 Å². The summed E-state index contributed by atoms with van der Waals surface area (Å²) in [7, 11) is 2.08. The number of hydrogen-bond acceptors (Lipinski definition) is 3. The number of likely N-dealkylation sites (N-methyl/N-ethyl adjacent to an activating group) is 1. The second-order valence-electron chi connectivity index (χ2n) is 7.10. The molecule has 20 heavy (non-hydrogen) atoms. The average molecular weight is 279 g/mol. The largest absolute Gasteiger partial charge is 0.352 e. The van der Waals surface area contributed by atoms with E-state index < -0.39 is 0 Å². The Labute approximate surface area is 122 Å². The van der Waals surface area contributed by atoms with Crippen molar-refractivity contribution in [3.05, 3.63) is 0 Å². The normalized spacial score (nSPS) is 26.8. The molecule has 1 atom stereocenters. The molecule has 1 heterocycles. The second kappa shape index (κ2) is 6.02. The molecular formula is C16H29N3O. The molecule has 3 fully saturated rings. The molecule has 1 saturated heterocycles. The maximum atomic E-state index is 12.1. The molecule has 0 aromatic carbocycles. The maximum Gasteiger partial charge on any atom is 0.234 e. The highest BCUT2D eigenvalue weighted by atomic mass is 16.2. The fraction of sp³-hybridized carbons (Fsp3) is 0.938. The molecule has 0 bridgehead atoms. The molecular weight excluding hydrogens is 250 g/mol. The summed E-state index contributed by atoms with van der Waals surface area (Å²) in [5.41, 5.74) is 0. The SMILES string of the molecule is CC(C1CC1)N(C)CC(=O)NC1CCN(C2CC2)CC1. The second-order valence-corrected chi connectivity index (χ2v) is 7.10. The van der Waals surface area contributed by atoms with Crippen LogP contribution in [0.4, 0.5) is 0 Å². The molecule has 0 aromatic heterocycles. The third-order valence-electron chi connectivity index (χ3n) is 5.35. The zero-order valence-corrected chi connectivity index (χ0v) is 13.0. The number of hydrogen-bond donors (Lipinski definition) is 1. The van der Waals surface area contributed by atoms with Gasteiger partial charge in [0.25, 0.3) is 0 Å². The predicted molar refractivity (Wildman–Crippen MR) is 80.6 cm³/mol. The van der Waals surface area contributed by atoms with Crippen molar-refractivity contribution in [2.24, 2.45) is 5.92 Å². The van der Waals surface area contributed by atoms with Crippen LogP contribution in [0.15, 0.2) is 0 Å². The minimum absolute atomic E-state index is 0.213. The summed E-state index contributed by atoms with van der Waals surface area (Å²) in [5.74, 6) is 1.04. The minimum atomic E-state index is 0.213. The van der Waals surface area contributed by atoms with E-state index in [1.807, 2.05) is 0 Å². The van der Waals surface area contributed by atoms with Crippen molar-refractivity contribution in [1.29, 1.82) is 0 Å². The standard InChI is InChI=1S/C16H29N3O/c1-12(13-3-4-13)18(2)11-16(20)17-14-7-9-19(10-8-14)15-5-6-15/h12-15H,3-11H2,1-2H3,(H,17,20). The number of likely N-dealkylation sites (tertiary alicyclic amines) is 1. The van der Waals surface area contributed by atoms with Gasteiger partial charge < -0.3 is 10.2 Å². The van der Waals surface area contributed by atoms with Gasteiger partial charge in [-0.3, -0.25) is 9.69 Å². The summed E-state index contributed by atoms with van der Waals surface area (Å²) in [6.07, 6.45) is 7.72. The van der Waals surface area contributed by atoms with E-state index in [1.165, 1.54) is 38.8 Å². The Morgan fingerprint density at radius 2 is 1.85 bits per heavy atom. The van der Waals surface area contributed by atoms with Gasteiger partial charge >= 0.3 is 0 Å². The van der Waals surface area contributed by atoms with Crippen LogP contribution < -0.4 is 5.32 Å². The number of amides is 1. The van der Waals surface area contributed by atoms with Gasteiger partial charge in [-0.1, -0.05) is 0 Å². The first-order valence-electron chi connectivity index (χ1n) is 8.37. The maximum absolute atomic E-state index is 12.1. The van der Waals surface area contributed by atoms with Crippen LogP contribution in [0.5, 0.6) is 0 Å². The lowest BCUT2D eigenvalue weighted by Gasteiger charge is -2.33. The highest BCUT2D eigenvalue weighted by Gasteiger charge is 2.33. The lowest BCUT2D eigenvalue weighted by Crippen LogP contribution is -2.48. The van der Waals surface area contributed by atoms with E-state index in [0.29, 0.717) is 18.6 Å². The van der Waals surface area contributed by atoms with Gasteiger partial charge in [0.05, 0.1) is 6.54 Å². The molecule has 4 heteroatoms. The van der Waals surface area contributed by atoms with Gasteiger partial charge in [0.15, 0.2) is 0 Å². The molecule has 1 N–H and O–H groups in total. The molecule has 2 aliphatic carbocycles. The molecule has 0 spiro atoms. The number of carbonyl (C=O) groups is 1. The van der Waals surface area contributed by atoms with Crippen molar-refractivity contribution in [2.45, 2.75) is 63.6 Å². The van der Waals surface area contributed by atoms with E-state index in [9.17, 15) is 4.79 Å². The van der Waals surface area contributed by atoms with Gasteiger partial charge in [-0.2, -0.15) is 0 Å². The summed E-state index contributed by atoms with van der Waals surface area (Å²) in [6.45, 7) is 5.15. The van der Waals surface area contributed by atoms with Crippen molar-refractivity contribution in [3.63, 3.8) is 0 Å². The zero-order chi connectivity index (χ0) is 14.1. The van der Waals surface area contributed by atoms with Gasteiger partial charge in [0.1, 0.15) is 0 Å². The monoisotopic (exact) mass is 279 g/mol. The van der Waals surface area contributed by atoms with Crippen molar-refractivity contribution >= 4 is 5.91 Å². The highest BCUT2D eigenvalue weighted by molar-refractivity contribution is 5.78. The first-order valence-corrected chi connectivity index (χ1v) is 8.37. The average Bonchev–Trinajstić information content (AvgIpc) is 3.30. The van der Waals surface area contributed by atoms with Gasteiger partial charge in [0, 0.05) is 31.2 Å². The number of nitrogens with zero attached hydrogens (tertiary/aromatic N) is 2. The predicted octanol–water partition coefficient (Wildman–Crippen LogP) is 1.46. The fourth-order valence-corrected chi connectivity index (χ4v) is 3.43. The Balaban J connectivity index is 1.35. The first-order chi connectivity index (χ1) is 9.63. The fourth-order valence-electron chi connectivity index (χ4n) is 3.43. The van der Waals surface area contributed by atoms with E-state index in [0.717, 1.165) is 24.8 Å². The summed E-state index contributed by atoms with van der Waals surface area (Å²) in [6, 6.07) is 1.83. The summed E-state index contributed by atoms with van der Waals surface area (Å²) < 4.78 is 0. The lowest BCUT2D eigenvalue weighted by atomic mass is 10.0. The summed E-state index contributed by atoms with van der Waals surface area (Å²) in [4.78, 5) is 16.9. The number of rotatable bonds is 6. The third kappa shape index (κ3) is 3.73. The molecule has 4 nitrogen and oxygen atoms in total. The van der Waals surface area contributed by atoms with Crippen LogP contribution in [-0.2, 0) is 4.79 Å². The smallest absolute Gasteiger partial charge is 0.234 e. The van der Waals surface area contributed by atoms with Crippen LogP contribution >= 0.6 is 0 Å². The topological polar surface area (TPSA) is 35.6 Å². The number of nitrogens with one attached hydrogen (secondary N) is 1. The van der Waals surface area contributed by atoms with Crippen LogP contribution in [-0.4, -0.2) is 60.5 Å². The van der Waals surface area contributed by atoms with Crippen LogP contribution in [0.25, 0.3) is 0 Å². The van der Waals surface area contributed by atoms with E-state index >= 15 is 0 Å². The van der Waals surface area contributed by atoms with Crippen LogP contribution in [0, 0.1) is 5.92 Å². The zero-order valence-electron chi connectivity index (χ0n) is 13.0. The van der Waals surface area contributed by atoms with Gasteiger partial charge in [-0.05, 0) is 58.4 Å². The van der Waals surface area contributed by atoms with E-state index in [4.69, 9.17) is 0 Å². The van der Waals surface area contributed by atoms with Crippen LogP contribution in [0.1, 0.15) is 45.4 Å². The van der Waals surface area contributed by atoms with Crippen molar-refractivity contribution in [1.82, 2.24) is 15.1 Å². The van der Waals surface area contributed by atoms with Gasteiger partial charge in [-0.25, -0.2) is 0 Å². The Hall–Kier alpha value is -0.610. The lowest BCUT2D eigenvalue weighted by molar-refractivity contribution is -0.123. The Kier molecular flexibility index (Phi) is 4.32. The summed E-state index contributed by atoms with van der Waals surface area (Å²) in [5, 5.41) is 3.24. The van der Waals surface area contributed by atoms with Crippen molar-refractivity contribution < 1.29 is 4.79 Å². The van der Waals surface area contributed by atoms with Crippen molar-refractivity contribution in [3.8, 4) is 0 Å². The van der Waals surface area contributed by atoms with E-state index in [2.05, 4.69) is 29.1 Å². The molecule has 114 valence electrons. The summed E-state index contributed by atoms with van der Waals surface area (Å²) >= 11 is 0. The quantitative estimate of drug-likeness (QED) is 0.799. The Morgan fingerprint density at radius 1 is 1.20 bits per heavy atom. The molecule has 1 amide bonds. The molecule has 1 aliphatic heterocycles. The Bertz CT molecular complexity index is 344. The molecule has 3 rings (SSSR count). The van der Waals surface area contributed by atoms with Gasteiger partial charge in [0.2, 0.25) is 5.91 Å². The molecule has 3 aliphatic rings. The minimum Gasteiger partial charge on any atom is -0.352 e. The number of piperidine rings is 1. The van der Waals surface area contributed by atoms with Crippen LogP contribution in [0.3, 0.4) is 0 Å². The van der Waals surface area contributed by atoms with E-state index in [1.54, 1.807) is 0 Å².